The highest BCUT2D eigenvalue weighted by Gasteiger charge is 2.13. The molecule has 0 aromatic carbocycles. The number of hydrogen-bond acceptors (Lipinski definition) is 4. The molecule has 0 rings (SSSR count). The first-order chi connectivity index (χ1) is 5.09. The molecule has 0 aliphatic heterocycles. The summed E-state index contributed by atoms with van der Waals surface area (Å²) < 4.78 is 5.10. The summed E-state index contributed by atoms with van der Waals surface area (Å²) in [4.78, 5) is 0. The lowest BCUT2D eigenvalue weighted by Gasteiger charge is -2.16. The van der Waals surface area contributed by atoms with Gasteiger partial charge in [-0.1, -0.05) is 13.8 Å². The molecule has 66 valence electrons. The molecule has 1 atom stereocenters. The van der Waals surface area contributed by atoms with Crippen LogP contribution in [0.2, 0.25) is 0 Å². The number of nitrogens with two attached hydrogens (primary N) is 2. The molecular weight excluding hydrogens is 160 g/mol. The second-order valence-electron chi connectivity index (χ2n) is 2.73. The summed E-state index contributed by atoms with van der Waals surface area (Å²) >= 11 is 4.92. The Morgan fingerprint density at radius 3 is 2.45 bits per heavy atom. The average Bonchev–Trinajstić information content (AvgIpc) is 1.98. The summed E-state index contributed by atoms with van der Waals surface area (Å²) in [5.41, 5.74) is 10.9. The van der Waals surface area contributed by atoms with Crippen molar-refractivity contribution in [1.29, 1.82) is 0 Å². The van der Waals surface area contributed by atoms with Gasteiger partial charge in [0, 0.05) is 6.54 Å². The standard InChI is InChI=1S/C7H16N2OS/c1-5(2)6(9)7(11)10-4-3-8/h5-6H,3-4,8-9H2,1-2H3/t6-/m0/s1. The van der Waals surface area contributed by atoms with E-state index in [2.05, 4.69) is 0 Å². The van der Waals surface area contributed by atoms with Gasteiger partial charge in [0.25, 0.3) is 0 Å². The van der Waals surface area contributed by atoms with E-state index in [1.165, 1.54) is 0 Å². The first-order valence-electron chi connectivity index (χ1n) is 3.72. The molecule has 0 bridgehead atoms. The third-order valence-electron chi connectivity index (χ3n) is 1.35. The first-order valence-corrected chi connectivity index (χ1v) is 4.12. The Morgan fingerprint density at radius 2 is 2.09 bits per heavy atom. The van der Waals surface area contributed by atoms with Crippen LogP contribution < -0.4 is 11.5 Å². The van der Waals surface area contributed by atoms with Gasteiger partial charge in [-0.15, -0.1) is 0 Å². The zero-order valence-corrected chi connectivity index (χ0v) is 7.86. The normalized spacial score (nSPS) is 13.2. The van der Waals surface area contributed by atoms with Crippen molar-refractivity contribution in [2.24, 2.45) is 17.4 Å². The Morgan fingerprint density at radius 1 is 1.55 bits per heavy atom. The van der Waals surface area contributed by atoms with Crippen LogP contribution in [0.4, 0.5) is 0 Å². The van der Waals surface area contributed by atoms with Gasteiger partial charge in [0.05, 0.1) is 6.04 Å². The predicted octanol–water partition coefficient (Wildman–Crippen LogP) is 0.272. The van der Waals surface area contributed by atoms with Gasteiger partial charge in [-0.05, 0) is 18.1 Å². The van der Waals surface area contributed by atoms with Crippen LogP contribution in [0.5, 0.6) is 0 Å². The maximum absolute atomic E-state index is 5.69. The van der Waals surface area contributed by atoms with E-state index in [1.54, 1.807) is 0 Å². The minimum Gasteiger partial charge on any atom is -0.484 e. The van der Waals surface area contributed by atoms with Crippen molar-refractivity contribution in [2.45, 2.75) is 19.9 Å². The van der Waals surface area contributed by atoms with Gasteiger partial charge in [-0.2, -0.15) is 0 Å². The minimum absolute atomic E-state index is 0.156. The predicted molar refractivity (Wildman–Crippen MR) is 50.4 cm³/mol. The fourth-order valence-electron chi connectivity index (χ4n) is 0.528. The molecule has 0 aromatic rings. The maximum atomic E-state index is 5.69. The summed E-state index contributed by atoms with van der Waals surface area (Å²) in [5.74, 6) is 0.320. The summed E-state index contributed by atoms with van der Waals surface area (Å²) in [6.45, 7) is 4.94. The minimum atomic E-state index is -0.156. The molecule has 0 amide bonds. The van der Waals surface area contributed by atoms with E-state index >= 15 is 0 Å². The van der Waals surface area contributed by atoms with E-state index in [0.29, 0.717) is 24.1 Å². The van der Waals surface area contributed by atoms with Gasteiger partial charge in [-0.3, -0.25) is 0 Å². The Bertz CT molecular complexity index is 128. The van der Waals surface area contributed by atoms with Crippen molar-refractivity contribution in [2.75, 3.05) is 13.2 Å². The highest BCUT2D eigenvalue weighted by Crippen LogP contribution is 2.01. The second-order valence-corrected chi connectivity index (χ2v) is 3.13. The van der Waals surface area contributed by atoms with Crippen LogP contribution in [-0.4, -0.2) is 24.2 Å². The van der Waals surface area contributed by atoms with Crippen molar-refractivity contribution >= 4 is 17.3 Å². The molecule has 3 nitrogen and oxygen atoms in total. The third kappa shape index (κ3) is 4.29. The van der Waals surface area contributed by atoms with E-state index in [-0.39, 0.29) is 6.04 Å². The summed E-state index contributed by atoms with van der Waals surface area (Å²) in [6.07, 6.45) is 0. The van der Waals surface area contributed by atoms with Crippen LogP contribution in [0.3, 0.4) is 0 Å². The van der Waals surface area contributed by atoms with Crippen LogP contribution in [-0.2, 0) is 4.74 Å². The molecular formula is C7H16N2OS. The average molecular weight is 176 g/mol. The van der Waals surface area contributed by atoms with Crippen molar-refractivity contribution in [1.82, 2.24) is 0 Å². The van der Waals surface area contributed by atoms with Crippen molar-refractivity contribution in [3.05, 3.63) is 0 Å². The highest BCUT2D eigenvalue weighted by molar-refractivity contribution is 7.80. The van der Waals surface area contributed by atoms with E-state index in [1.807, 2.05) is 13.8 Å². The molecule has 0 spiro atoms. The molecule has 0 aromatic heterocycles. The number of hydrogen-bond donors (Lipinski definition) is 2. The molecule has 4 heteroatoms. The zero-order chi connectivity index (χ0) is 8.85. The lowest BCUT2D eigenvalue weighted by Crippen LogP contribution is -2.36. The molecule has 0 heterocycles. The van der Waals surface area contributed by atoms with Gasteiger partial charge >= 0.3 is 0 Å². The van der Waals surface area contributed by atoms with Crippen LogP contribution in [0.25, 0.3) is 0 Å². The van der Waals surface area contributed by atoms with Crippen molar-refractivity contribution in [3.63, 3.8) is 0 Å². The molecule has 11 heavy (non-hydrogen) atoms. The van der Waals surface area contributed by atoms with E-state index in [0.717, 1.165) is 0 Å². The summed E-state index contributed by atoms with van der Waals surface area (Å²) in [7, 11) is 0. The number of thiocarbonyl (C=S) groups is 1. The van der Waals surface area contributed by atoms with Crippen molar-refractivity contribution in [3.8, 4) is 0 Å². The molecule has 0 radical (unpaired) electrons. The van der Waals surface area contributed by atoms with Gasteiger partial charge in [-0.25, -0.2) is 0 Å². The topological polar surface area (TPSA) is 61.3 Å². The smallest absolute Gasteiger partial charge is 0.176 e. The molecule has 0 aliphatic carbocycles. The maximum Gasteiger partial charge on any atom is 0.176 e. The number of rotatable bonds is 4. The molecule has 4 N–H and O–H groups in total. The van der Waals surface area contributed by atoms with Gasteiger partial charge in [0.15, 0.2) is 5.05 Å². The Labute approximate surface area is 73.1 Å². The summed E-state index contributed by atoms with van der Waals surface area (Å²) in [5, 5.41) is 0.463. The SMILES string of the molecule is CC(C)[C@H](N)C(=S)OCCN. The lowest BCUT2D eigenvalue weighted by molar-refractivity contribution is 0.301. The lowest BCUT2D eigenvalue weighted by atomic mass is 10.1. The molecule has 0 unspecified atom stereocenters. The fraction of sp³-hybridized carbons (Fsp3) is 0.857. The first kappa shape index (κ1) is 10.8. The van der Waals surface area contributed by atoms with Gasteiger partial charge < -0.3 is 16.2 Å². The molecule has 0 fully saturated rings. The summed E-state index contributed by atoms with van der Waals surface area (Å²) in [6, 6.07) is -0.156. The largest absolute Gasteiger partial charge is 0.484 e. The third-order valence-corrected chi connectivity index (χ3v) is 1.74. The Balaban J connectivity index is 3.64. The van der Waals surface area contributed by atoms with Crippen LogP contribution in [0, 0.1) is 5.92 Å². The monoisotopic (exact) mass is 176 g/mol. The van der Waals surface area contributed by atoms with Gasteiger partial charge in [0.2, 0.25) is 0 Å². The van der Waals surface area contributed by atoms with E-state index < -0.39 is 0 Å². The van der Waals surface area contributed by atoms with Crippen LogP contribution in [0.15, 0.2) is 0 Å². The van der Waals surface area contributed by atoms with Crippen LogP contribution >= 0.6 is 12.2 Å². The van der Waals surface area contributed by atoms with Crippen molar-refractivity contribution < 1.29 is 4.74 Å². The quantitative estimate of drug-likeness (QED) is 0.604. The zero-order valence-electron chi connectivity index (χ0n) is 7.04. The molecule has 0 saturated heterocycles. The van der Waals surface area contributed by atoms with E-state index in [9.17, 15) is 0 Å². The molecule has 0 aliphatic rings. The second kappa shape index (κ2) is 5.46. The highest BCUT2D eigenvalue weighted by atomic mass is 32.1. The number of ether oxygens (including phenoxy) is 1. The van der Waals surface area contributed by atoms with Crippen LogP contribution in [0.1, 0.15) is 13.8 Å². The Kier molecular flexibility index (Phi) is 5.36. The van der Waals surface area contributed by atoms with Gasteiger partial charge in [0.1, 0.15) is 6.61 Å². The van der Waals surface area contributed by atoms with E-state index in [4.69, 9.17) is 28.4 Å². The Hall–Kier alpha value is -0.190. The molecule has 0 saturated carbocycles. The fourth-order valence-corrected chi connectivity index (χ4v) is 0.883.